The molecule has 3 aromatic carbocycles. The molecule has 0 bridgehead atoms. The summed E-state index contributed by atoms with van der Waals surface area (Å²) < 4.78 is 21.1. The lowest BCUT2D eigenvalue weighted by Gasteiger charge is -2.13. The molecule has 33 heavy (non-hydrogen) atoms. The van der Waals surface area contributed by atoms with Crippen LogP contribution < -0.4 is 5.56 Å². The maximum absolute atomic E-state index is 14.3. The zero-order chi connectivity index (χ0) is 22.8. The molecule has 0 atom stereocenters. The fraction of sp³-hybridized carbons (Fsp3) is 0.120. The smallest absolute Gasteiger partial charge is 0.266 e. The van der Waals surface area contributed by atoms with Crippen LogP contribution >= 0.6 is 11.8 Å². The van der Waals surface area contributed by atoms with Crippen molar-refractivity contribution in [1.82, 2.24) is 19.7 Å². The first-order chi connectivity index (χ1) is 16.1. The van der Waals surface area contributed by atoms with Gasteiger partial charge in [0.15, 0.2) is 11.0 Å². The first-order valence-corrected chi connectivity index (χ1v) is 11.3. The molecular weight excluding hydrogens is 439 g/mol. The average molecular weight is 459 g/mol. The van der Waals surface area contributed by atoms with E-state index in [0.717, 1.165) is 5.56 Å². The number of rotatable bonds is 6. The summed E-state index contributed by atoms with van der Waals surface area (Å²) in [7, 11) is 0. The number of benzene rings is 3. The summed E-state index contributed by atoms with van der Waals surface area (Å²) in [6.45, 7) is 1.68. The number of hydrogen-bond acceptors (Lipinski definition) is 6. The standard InChI is InChI=1S/C25H19FN4O2S/c1-16-11-12-18(14-20(16)26)30-24(31)19-9-5-6-10-21(19)27-25(30)33-15-23-28-22(29-32-23)13-17-7-3-2-4-8-17/h2-12,14H,13,15H2,1H3. The van der Waals surface area contributed by atoms with E-state index in [-0.39, 0.29) is 11.4 Å². The second-order valence-corrected chi connectivity index (χ2v) is 8.48. The van der Waals surface area contributed by atoms with E-state index in [1.54, 1.807) is 37.3 Å². The van der Waals surface area contributed by atoms with E-state index in [0.29, 0.717) is 51.2 Å². The highest BCUT2D eigenvalue weighted by atomic mass is 32.2. The van der Waals surface area contributed by atoms with E-state index in [2.05, 4.69) is 15.1 Å². The molecule has 5 aromatic rings. The van der Waals surface area contributed by atoms with E-state index in [9.17, 15) is 9.18 Å². The molecule has 164 valence electrons. The Bertz CT molecular complexity index is 1500. The molecule has 0 saturated carbocycles. The molecule has 2 aromatic heterocycles. The van der Waals surface area contributed by atoms with E-state index >= 15 is 0 Å². The van der Waals surface area contributed by atoms with Gasteiger partial charge in [0.25, 0.3) is 5.56 Å². The lowest BCUT2D eigenvalue weighted by Crippen LogP contribution is -2.22. The minimum absolute atomic E-state index is 0.262. The van der Waals surface area contributed by atoms with Crippen LogP contribution in [0.2, 0.25) is 0 Å². The maximum Gasteiger partial charge on any atom is 0.266 e. The molecule has 6 nitrogen and oxygen atoms in total. The molecule has 0 aliphatic carbocycles. The van der Waals surface area contributed by atoms with Gasteiger partial charge in [-0.1, -0.05) is 65.4 Å². The first-order valence-electron chi connectivity index (χ1n) is 10.3. The quantitative estimate of drug-likeness (QED) is 0.260. The van der Waals surface area contributed by atoms with E-state index in [1.807, 2.05) is 36.4 Å². The summed E-state index contributed by atoms with van der Waals surface area (Å²) in [4.78, 5) is 22.4. The predicted molar refractivity (Wildman–Crippen MR) is 125 cm³/mol. The highest BCUT2D eigenvalue weighted by molar-refractivity contribution is 7.98. The van der Waals surface area contributed by atoms with Crippen LogP contribution in [0, 0.1) is 12.7 Å². The molecule has 0 amide bonds. The van der Waals surface area contributed by atoms with Crippen LogP contribution in [0.4, 0.5) is 4.39 Å². The van der Waals surface area contributed by atoms with Gasteiger partial charge < -0.3 is 4.52 Å². The molecule has 0 aliphatic heterocycles. The van der Waals surface area contributed by atoms with Crippen molar-refractivity contribution >= 4 is 22.7 Å². The van der Waals surface area contributed by atoms with Crippen LogP contribution in [0.5, 0.6) is 0 Å². The Morgan fingerprint density at radius 2 is 1.79 bits per heavy atom. The maximum atomic E-state index is 14.3. The van der Waals surface area contributed by atoms with Crippen LogP contribution in [0.25, 0.3) is 16.6 Å². The third-order valence-corrected chi connectivity index (χ3v) is 6.12. The van der Waals surface area contributed by atoms with Gasteiger partial charge in [-0.15, -0.1) is 0 Å². The van der Waals surface area contributed by atoms with Gasteiger partial charge in [-0.05, 0) is 42.3 Å². The Balaban J connectivity index is 1.47. The molecule has 0 N–H and O–H groups in total. The summed E-state index contributed by atoms with van der Waals surface area (Å²) in [5, 5.41) is 4.94. The Kier molecular flexibility index (Phi) is 5.75. The molecule has 0 spiro atoms. The number of nitrogens with zero attached hydrogens (tertiary/aromatic N) is 4. The molecule has 0 radical (unpaired) electrons. The molecular formula is C25H19FN4O2S. The number of fused-ring (bicyclic) bond motifs is 1. The second-order valence-electron chi connectivity index (χ2n) is 7.54. The van der Waals surface area contributed by atoms with Gasteiger partial charge in [0.05, 0.1) is 22.3 Å². The molecule has 0 aliphatic rings. The lowest BCUT2D eigenvalue weighted by atomic mass is 10.1. The zero-order valence-corrected chi connectivity index (χ0v) is 18.6. The van der Waals surface area contributed by atoms with E-state index in [1.165, 1.54) is 22.4 Å². The number of hydrogen-bond donors (Lipinski definition) is 0. The normalized spacial score (nSPS) is 11.2. The van der Waals surface area contributed by atoms with E-state index in [4.69, 9.17) is 4.52 Å². The number of aryl methyl sites for hydroxylation is 1. The van der Waals surface area contributed by atoms with Gasteiger partial charge in [0.2, 0.25) is 5.89 Å². The summed E-state index contributed by atoms with van der Waals surface area (Å²) in [5.41, 5.74) is 2.32. The van der Waals surface area contributed by atoms with Crippen molar-refractivity contribution < 1.29 is 8.91 Å². The fourth-order valence-corrected chi connectivity index (χ4v) is 4.33. The minimum atomic E-state index is -0.383. The monoisotopic (exact) mass is 458 g/mol. The molecule has 2 heterocycles. The summed E-state index contributed by atoms with van der Waals surface area (Å²) >= 11 is 1.29. The fourth-order valence-electron chi connectivity index (χ4n) is 3.48. The van der Waals surface area contributed by atoms with Crippen LogP contribution in [0.3, 0.4) is 0 Å². The summed E-state index contributed by atoms with van der Waals surface area (Å²) in [6.07, 6.45) is 0.566. The average Bonchev–Trinajstić information content (AvgIpc) is 3.28. The zero-order valence-electron chi connectivity index (χ0n) is 17.7. The summed E-state index contributed by atoms with van der Waals surface area (Å²) in [5.74, 6) is 0.947. The second kappa shape index (κ2) is 8.99. The third-order valence-electron chi connectivity index (χ3n) is 5.20. The highest BCUT2D eigenvalue weighted by Crippen LogP contribution is 2.25. The van der Waals surface area contributed by atoms with Crippen molar-refractivity contribution in [3.8, 4) is 5.69 Å². The van der Waals surface area contributed by atoms with Crippen molar-refractivity contribution in [2.24, 2.45) is 0 Å². The van der Waals surface area contributed by atoms with Crippen molar-refractivity contribution in [1.29, 1.82) is 0 Å². The topological polar surface area (TPSA) is 73.8 Å². The molecule has 0 saturated heterocycles. The molecule has 5 rings (SSSR count). The molecule has 8 heteroatoms. The van der Waals surface area contributed by atoms with Gasteiger partial charge >= 0.3 is 0 Å². The molecule has 0 fully saturated rings. The van der Waals surface area contributed by atoms with Gasteiger partial charge in [-0.2, -0.15) is 4.98 Å². The van der Waals surface area contributed by atoms with Crippen LogP contribution in [0.1, 0.15) is 22.8 Å². The highest BCUT2D eigenvalue weighted by Gasteiger charge is 2.16. The number of halogens is 1. The van der Waals surface area contributed by atoms with Gasteiger partial charge in [-0.3, -0.25) is 9.36 Å². The van der Waals surface area contributed by atoms with Crippen LogP contribution in [0.15, 0.2) is 87.3 Å². The summed E-state index contributed by atoms with van der Waals surface area (Å²) in [6, 6.07) is 21.7. The van der Waals surface area contributed by atoms with Crippen molar-refractivity contribution in [2.75, 3.05) is 0 Å². The van der Waals surface area contributed by atoms with Crippen LogP contribution in [-0.4, -0.2) is 19.7 Å². The lowest BCUT2D eigenvalue weighted by molar-refractivity contribution is 0.385. The van der Waals surface area contributed by atoms with Crippen LogP contribution in [-0.2, 0) is 12.2 Å². The Labute approximate surface area is 193 Å². The van der Waals surface area contributed by atoms with Crippen molar-refractivity contribution in [2.45, 2.75) is 24.3 Å². The van der Waals surface area contributed by atoms with Gasteiger partial charge in [0.1, 0.15) is 5.82 Å². The molecule has 0 unspecified atom stereocenters. The third kappa shape index (κ3) is 4.42. The Hall–Kier alpha value is -3.78. The van der Waals surface area contributed by atoms with Crippen molar-refractivity contribution in [3.63, 3.8) is 0 Å². The number of para-hydroxylation sites is 1. The number of aromatic nitrogens is 4. The SMILES string of the molecule is Cc1ccc(-n2c(SCc3nc(Cc4ccccc4)no3)nc3ccccc3c2=O)cc1F. The minimum Gasteiger partial charge on any atom is -0.338 e. The Morgan fingerprint density at radius 1 is 1.00 bits per heavy atom. The first kappa shape index (κ1) is 21.1. The van der Waals surface area contributed by atoms with Gasteiger partial charge in [-0.25, -0.2) is 9.37 Å². The van der Waals surface area contributed by atoms with Crippen molar-refractivity contribution in [3.05, 3.63) is 112 Å². The van der Waals surface area contributed by atoms with E-state index < -0.39 is 0 Å². The largest absolute Gasteiger partial charge is 0.338 e. The predicted octanol–water partition coefficient (Wildman–Crippen LogP) is 5.10. The Morgan fingerprint density at radius 3 is 2.61 bits per heavy atom. The van der Waals surface area contributed by atoms with Gasteiger partial charge in [0, 0.05) is 6.42 Å². The number of thioether (sulfide) groups is 1.